The maximum atomic E-state index is 13.8. The van der Waals surface area contributed by atoms with Gasteiger partial charge in [-0.15, -0.1) is 0 Å². The first-order chi connectivity index (χ1) is 14.2. The van der Waals surface area contributed by atoms with Gasteiger partial charge in [0.15, 0.2) is 6.54 Å². The minimum absolute atomic E-state index is 0.0950. The largest absolute Gasteiger partial charge is 0.418 e. The summed E-state index contributed by atoms with van der Waals surface area (Å²) in [5, 5.41) is 2.28. The van der Waals surface area contributed by atoms with E-state index in [1.165, 1.54) is 29.2 Å². The minimum Gasteiger partial charge on any atom is -0.327 e. The fourth-order valence-electron chi connectivity index (χ4n) is 3.32. The number of nitrogens with one attached hydrogen (secondary N) is 2. The standard InChI is InChI=1S/C20H18F5N3O2/c21-14-5-3-6-15(22)18(14)19(30)28-10-8-27(9-11-28)12-17(29)26-16-7-2-1-4-13(16)20(23,24)25/h1-7H,8-12H2,(H,26,29)/p+1. The predicted molar refractivity (Wildman–Crippen MR) is 97.9 cm³/mol. The summed E-state index contributed by atoms with van der Waals surface area (Å²) < 4.78 is 66.7. The second kappa shape index (κ2) is 8.78. The Bertz CT molecular complexity index is 920. The highest BCUT2D eigenvalue weighted by molar-refractivity contribution is 5.95. The summed E-state index contributed by atoms with van der Waals surface area (Å²) in [5.74, 6) is -3.26. The topological polar surface area (TPSA) is 53.9 Å². The van der Waals surface area contributed by atoms with Crippen molar-refractivity contribution in [1.82, 2.24) is 4.90 Å². The zero-order valence-electron chi connectivity index (χ0n) is 15.7. The Morgan fingerprint density at radius 3 is 2.17 bits per heavy atom. The summed E-state index contributed by atoms with van der Waals surface area (Å²) in [5.41, 5.74) is -1.88. The fourth-order valence-corrected chi connectivity index (χ4v) is 3.32. The van der Waals surface area contributed by atoms with Crippen molar-refractivity contribution >= 4 is 17.5 Å². The molecule has 2 amide bonds. The second-order valence-electron chi connectivity index (χ2n) is 6.91. The van der Waals surface area contributed by atoms with Gasteiger partial charge in [0, 0.05) is 0 Å². The molecule has 0 aliphatic carbocycles. The van der Waals surface area contributed by atoms with Crippen LogP contribution in [0.2, 0.25) is 0 Å². The van der Waals surface area contributed by atoms with Gasteiger partial charge >= 0.3 is 6.18 Å². The van der Waals surface area contributed by atoms with Crippen molar-refractivity contribution in [3.8, 4) is 0 Å². The molecule has 1 heterocycles. The third-order valence-corrected chi connectivity index (χ3v) is 4.85. The van der Waals surface area contributed by atoms with Gasteiger partial charge < -0.3 is 15.1 Å². The Morgan fingerprint density at radius 1 is 0.967 bits per heavy atom. The number of alkyl halides is 3. The Labute approximate surface area is 169 Å². The van der Waals surface area contributed by atoms with E-state index >= 15 is 0 Å². The number of hydrogen-bond donors (Lipinski definition) is 2. The van der Waals surface area contributed by atoms with Crippen molar-refractivity contribution in [3.05, 3.63) is 65.2 Å². The molecule has 0 bridgehead atoms. The molecule has 10 heteroatoms. The lowest BCUT2D eigenvalue weighted by Crippen LogP contribution is -3.15. The summed E-state index contributed by atoms with van der Waals surface area (Å²) in [6.45, 7) is 0.858. The Kier molecular flexibility index (Phi) is 6.35. The van der Waals surface area contributed by atoms with Gasteiger partial charge in [0.1, 0.15) is 17.2 Å². The fraction of sp³-hybridized carbons (Fsp3) is 0.300. The average Bonchev–Trinajstić information content (AvgIpc) is 2.68. The van der Waals surface area contributed by atoms with Gasteiger partial charge in [0.25, 0.3) is 11.8 Å². The van der Waals surface area contributed by atoms with Crippen LogP contribution in [0.1, 0.15) is 15.9 Å². The third kappa shape index (κ3) is 4.93. The van der Waals surface area contributed by atoms with Crippen LogP contribution < -0.4 is 10.2 Å². The van der Waals surface area contributed by atoms with Crippen molar-refractivity contribution in [3.63, 3.8) is 0 Å². The number of nitrogens with zero attached hydrogens (tertiary/aromatic N) is 1. The lowest BCUT2D eigenvalue weighted by atomic mass is 10.1. The molecule has 0 atom stereocenters. The van der Waals surface area contributed by atoms with Gasteiger partial charge in [0.05, 0.1) is 37.4 Å². The summed E-state index contributed by atoms with van der Waals surface area (Å²) in [4.78, 5) is 26.6. The van der Waals surface area contributed by atoms with Crippen molar-refractivity contribution in [2.24, 2.45) is 0 Å². The molecular weight excluding hydrogens is 409 g/mol. The smallest absolute Gasteiger partial charge is 0.327 e. The Hall–Kier alpha value is -3.01. The average molecular weight is 428 g/mol. The van der Waals surface area contributed by atoms with E-state index in [1.54, 1.807) is 0 Å². The molecule has 3 rings (SSSR count). The number of amides is 2. The molecule has 0 unspecified atom stereocenters. The van der Waals surface area contributed by atoms with Crippen molar-refractivity contribution in [2.45, 2.75) is 6.18 Å². The summed E-state index contributed by atoms with van der Waals surface area (Å²) in [7, 11) is 0. The third-order valence-electron chi connectivity index (χ3n) is 4.85. The van der Waals surface area contributed by atoms with Gasteiger partial charge in [-0.3, -0.25) is 9.59 Å². The Balaban J connectivity index is 1.57. The molecule has 2 aromatic carbocycles. The molecule has 2 aromatic rings. The quantitative estimate of drug-likeness (QED) is 0.732. The molecule has 0 saturated carbocycles. The predicted octanol–water partition coefficient (Wildman–Crippen LogP) is 1.96. The zero-order valence-corrected chi connectivity index (χ0v) is 15.7. The molecule has 5 nitrogen and oxygen atoms in total. The first kappa shape index (κ1) is 21.7. The maximum Gasteiger partial charge on any atom is 0.418 e. The molecule has 0 radical (unpaired) electrons. The monoisotopic (exact) mass is 428 g/mol. The number of carbonyl (C=O) groups excluding carboxylic acids is 2. The van der Waals surface area contributed by atoms with Gasteiger partial charge in [-0.2, -0.15) is 13.2 Å². The van der Waals surface area contributed by atoms with E-state index in [9.17, 15) is 31.5 Å². The lowest BCUT2D eigenvalue weighted by molar-refractivity contribution is -0.895. The maximum absolute atomic E-state index is 13.8. The SMILES string of the molecule is O=C(C[NH+]1CCN(C(=O)c2c(F)cccc2F)CC1)Nc1ccccc1C(F)(F)F. The van der Waals surface area contributed by atoms with E-state index in [4.69, 9.17) is 0 Å². The highest BCUT2D eigenvalue weighted by atomic mass is 19.4. The summed E-state index contributed by atoms with van der Waals surface area (Å²) in [6.07, 6.45) is -4.59. The van der Waals surface area contributed by atoms with Gasteiger partial charge in [0.2, 0.25) is 0 Å². The van der Waals surface area contributed by atoms with E-state index in [0.29, 0.717) is 13.1 Å². The first-order valence-electron chi connectivity index (χ1n) is 9.19. The number of quaternary nitrogens is 1. The van der Waals surface area contributed by atoms with Crippen molar-refractivity contribution in [1.29, 1.82) is 0 Å². The van der Waals surface area contributed by atoms with Gasteiger partial charge in [-0.1, -0.05) is 18.2 Å². The number of halogens is 5. The van der Waals surface area contributed by atoms with Crippen LogP contribution in [0.4, 0.5) is 27.6 Å². The number of rotatable bonds is 4. The molecule has 1 aliphatic rings. The first-order valence-corrected chi connectivity index (χ1v) is 9.19. The minimum atomic E-state index is -4.59. The molecule has 160 valence electrons. The number of anilines is 1. The molecule has 0 spiro atoms. The van der Waals surface area contributed by atoms with Crippen LogP contribution in [0.15, 0.2) is 42.5 Å². The number of benzene rings is 2. The highest BCUT2D eigenvalue weighted by Crippen LogP contribution is 2.34. The lowest BCUT2D eigenvalue weighted by Gasteiger charge is -2.32. The van der Waals surface area contributed by atoms with Crippen LogP contribution in [0.25, 0.3) is 0 Å². The van der Waals surface area contributed by atoms with Gasteiger partial charge in [-0.05, 0) is 24.3 Å². The van der Waals surface area contributed by atoms with Crippen molar-refractivity contribution < 1.29 is 36.4 Å². The summed E-state index contributed by atoms with van der Waals surface area (Å²) >= 11 is 0. The molecule has 1 aliphatic heterocycles. The van der Waals surface area contributed by atoms with E-state index in [0.717, 1.165) is 23.1 Å². The molecule has 1 saturated heterocycles. The van der Waals surface area contributed by atoms with E-state index in [1.807, 2.05) is 0 Å². The van der Waals surface area contributed by atoms with Crippen LogP contribution in [-0.4, -0.2) is 49.4 Å². The normalized spacial score (nSPS) is 15.2. The number of para-hydroxylation sites is 1. The Morgan fingerprint density at radius 2 is 1.57 bits per heavy atom. The molecule has 2 N–H and O–H groups in total. The van der Waals surface area contributed by atoms with Crippen LogP contribution in [0, 0.1) is 11.6 Å². The number of hydrogen-bond acceptors (Lipinski definition) is 2. The van der Waals surface area contributed by atoms with Gasteiger partial charge in [-0.25, -0.2) is 8.78 Å². The molecule has 30 heavy (non-hydrogen) atoms. The van der Waals surface area contributed by atoms with Crippen LogP contribution in [-0.2, 0) is 11.0 Å². The van der Waals surface area contributed by atoms with E-state index in [2.05, 4.69) is 5.32 Å². The van der Waals surface area contributed by atoms with Crippen LogP contribution >= 0.6 is 0 Å². The van der Waals surface area contributed by atoms with Crippen LogP contribution in [0.3, 0.4) is 0 Å². The van der Waals surface area contributed by atoms with E-state index < -0.39 is 40.8 Å². The molecular formula is C20H19F5N3O2+. The zero-order chi connectivity index (χ0) is 21.9. The second-order valence-corrected chi connectivity index (χ2v) is 6.91. The summed E-state index contributed by atoms with van der Waals surface area (Å²) in [6, 6.07) is 7.85. The van der Waals surface area contributed by atoms with E-state index in [-0.39, 0.29) is 25.3 Å². The number of carbonyl (C=O) groups is 2. The van der Waals surface area contributed by atoms with Crippen molar-refractivity contribution in [2.75, 3.05) is 38.0 Å². The highest BCUT2D eigenvalue weighted by Gasteiger charge is 2.34. The molecule has 1 fully saturated rings. The number of piperazine rings is 1. The van der Waals surface area contributed by atoms with Crippen LogP contribution in [0.5, 0.6) is 0 Å². The molecule has 0 aromatic heterocycles.